The van der Waals surface area contributed by atoms with Gasteiger partial charge in [0, 0.05) is 11.1 Å². The SMILES string of the molecule is CC(C)(C)c1cc(/C=N/NC(=O)CSc2n[nH]c(-c3ccccc3)[n+]2-c2ccccc2)cc(C(C)(C)C)c1O. The molecule has 0 saturated heterocycles. The number of H-pyrrole nitrogens is 1. The monoisotopic (exact) mass is 542 g/mol. The smallest absolute Gasteiger partial charge is 0.342 e. The van der Waals surface area contributed by atoms with Crippen molar-refractivity contribution in [3.63, 3.8) is 0 Å². The summed E-state index contributed by atoms with van der Waals surface area (Å²) < 4.78 is 2.01. The number of aromatic amines is 1. The lowest BCUT2D eigenvalue weighted by Crippen LogP contribution is -2.34. The average molecular weight is 543 g/mol. The van der Waals surface area contributed by atoms with Crippen LogP contribution in [0.2, 0.25) is 0 Å². The van der Waals surface area contributed by atoms with Crippen LogP contribution in [0.15, 0.2) is 83.1 Å². The number of benzene rings is 3. The molecule has 1 heterocycles. The molecule has 1 amide bonds. The van der Waals surface area contributed by atoms with Crippen LogP contribution in [-0.2, 0) is 15.6 Å². The minimum Gasteiger partial charge on any atom is -0.507 e. The molecule has 0 bridgehead atoms. The molecule has 0 radical (unpaired) electrons. The molecular weight excluding hydrogens is 506 g/mol. The molecule has 0 aliphatic rings. The molecule has 3 aromatic carbocycles. The molecule has 4 aromatic rings. The van der Waals surface area contributed by atoms with E-state index in [1.807, 2.05) is 77.4 Å². The standard InChI is InChI=1S/C31H35N5O2S/c1-30(2,3)24-17-21(18-25(27(24)38)31(4,5)6)19-32-33-26(37)20-39-29-35-34-28(22-13-9-7-10-14-22)36(29)23-15-11-8-12-16-23/h7-19H,20H2,1-6H3,(H2,32,33,37,38)/p+1. The van der Waals surface area contributed by atoms with Gasteiger partial charge in [0.1, 0.15) is 11.4 Å². The third-order valence-electron chi connectivity index (χ3n) is 6.22. The summed E-state index contributed by atoms with van der Waals surface area (Å²) in [6.07, 6.45) is 1.62. The van der Waals surface area contributed by atoms with Crippen molar-refractivity contribution in [1.29, 1.82) is 0 Å². The minimum absolute atomic E-state index is 0.138. The van der Waals surface area contributed by atoms with Crippen molar-refractivity contribution in [3.05, 3.63) is 89.5 Å². The Hall–Kier alpha value is -3.91. The van der Waals surface area contributed by atoms with Crippen LogP contribution >= 0.6 is 11.8 Å². The van der Waals surface area contributed by atoms with Crippen LogP contribution in [0.3, 0.4) is 0 Å². The van der Waals surface area contributed by atoms with Gasteiger partial charge in [-0.05, 0) is 64.6 Å². The van der Waals surface area contributed by atoms with Crippen LogP contribution in [0, 0.1) is 0 Å². The number of carbonyl (C=O) groups excluding carboxylic acids is 1. The first-order valence-electron chi connectivity index (χ1n) is 12.9. The molecule has 8 heteroatoms. The van der Waals surface area contributed by atoms with E-state index in [0.29, 0.717) is 10.9 Å². The van der Waals surface area contributed by atoms with Gasteiger partial charge in [0.25, 0.3) is 11.7 Å². The van der Waals surface area contributed by atoms with Gasteiger partial charge in [-0.15, -0.1) is 5.10 Å². The fraction of sp³-hybridized carbons (Fsp3) is 0.290. The number of hydrogen-bond acceptors (Lipinski definition) is 5. The van der Waals surface area contributed by atoms with Gasteiger partial charge in [-0.25, -0.2) is 5.43 Å². The van der Waals surface area contributed by atoms with Crippen LogP contribution in [0.1, 0.15) is 58.2 Å². The van der Waals surface area contributed by atoms with Crippen LogP contribution in [0.4, 0.5) is 0 Å². The predicted octanol–water partition coefficient (Wildman–Crippen LogP) is 5.90. The summed E-state index contributed by atoms with van der Waals surface area (Å²) in [6, 6.07) is 23.7. The van der Waals surface area contributed by atoms with Crippen molar-refractivity contribution in [3.8, 4) is 22.8 Å². The first-order chi connectivity index (χ1) is 18.4. The summed E-state index contributed by atoms with van der Waals surface area (Å²) in [5.41, 5.74) is 6.58. The number of para-hydroxylation sites is 1. The Morgan fingerprint density at radius 1 is 0.974 bits per heavy atom. The lowest BCUT2D eigenvalue weighted by atomic mass is 9.78. The van der Waals surface area contributed by atoms with Gasteiger partial charge < -0.3 is 5.11 Å². The van der Waals surface area contributed by atoms with Crippen molar-refractivity contribution in [2.24, 2.45) is 5.10 Å². The Kier molecular flexibility index (Phi) is 8.25. The van der Waals surface area contributed by atoms with Gasteiger partial charge in [-0.1, -0.05) is 77.9 Å². The number of nitrogens with zero attached hydrogens (tertiary/aromatic N) is 3. The molecule has 202 valence electrons. The summed E-state index contributed by atoms with van der Waals surface area (Å²) in [5.74, 6) is 1.04. The van der Waals surface area contributed by atoms with Crippen molar-refractivity contribution in [1.82, 2.24) is 15.6 Å². The van der Waals surface area contributed by atoms with E-state index in [4.69, 9.17) is 0 Å². The lowest BCUT2D eigenvalue weighted by molar-refractivity contribution is -0.625. The first-order valence-corrected chi connectivity index (χ1v) is 13.9. The highest BCUT2D eigenvalue weighted by molar-refractivity contribution is 7.99. The van der Waals surface area contributed by atoms with Crippen molar-refractivity contribution >= 4 is 23.9 Å². The third-order valence-corrected chi connectivity index (χ3v) is 7.16. The van der Waals surface area contributed by atoms with Crippen molar-refractivity contribution in [2.75, 3.05) is 5.75 Å². The number of nitrogens with one attached hydrogen (secondary N) is 2. The number of hydrogen-bond donors (Lipinski definition) is 3. The molecule has 7 nitrogen and oxygen atoms in total. The Bertz CT molecular complexity index is 1430. The van der Waals surface area contributed by atoms with Crippen LogP contribution in [-0.4, -0.2) is 33.2 Å². The maximum atomic E-state index is 12.7. The van der Waals surface area contributed by atoms with E-state index in [0.717, 1.165) is 33.8 Å². The van der Waals surface area contributed by atoms with E-state index < -0.39 is 0 Å². The number of phenols is 1. The van der Waals surface area contributed by atoms with Crippen molar-refractivity contribution < 1.29 is 14.5 Å². The maximum absolute atomic E-state index is 12.7. The summed E-state index contributed by atoms with van der Waals surface area (Å²) in [6.45, 7) is 12.4. The molecule has 0 aliphatic carbocycles. The summed E-state index contributed by atoms with van der Waals surface area (Å²) in [4.78, 5) is 12.7. The van der Waals surface area contributed by atoms with E-state index in [2.05, 4.69) is 62.3 Å². The molecule has 1 aromatic heterocycles. The second-order valence-electron chi connectivity index (χ2n) is 11.4. The number of carbonyl (C=O) groups is 1. The molecule has 0 fully saturated rings. The largest absolute Gasteiger partial charge is 0.507 e. The van der Waals surface area contributed by atoms with Gasteiger partial charge >= 0.3 is 5.16 Å². The molecule has 0 unspecified atom stereocenters. The van der Waals surface area contributed by atoms with E-state index in [9.17, 15) is 9.90 Å². The van der Waals surface area contributed by atoms with Gasteiger partial charge in [-0.3, -0.25) is 4.79 Å². The number of rotatable bonds is 7. The zero-order chi connectivity index (χ0) is 28.2. The Morgan fingerprint density at radius 3 is 2.10 bits per heavy atom. The topological polar surface area (TPSA) is 94.2 Å². The number of phenolic OH excluding ortho intramolecular Hbond substituents is 1. The summed E-state index contributed by atoms with van der Waals surface area (Å²) >= 11 is 1.33. The molecule has 3 N–H and O–H groups in total. The summed E-state index contributed by atoms with van der Waals surface area (Å²) in [7, 11) is 0. The predicted molar refractivity (Wildman–Crippen MR) is 158 cm³/mol. The van der Waals surface area contributed by atoms with E-state index in [1.165, 1.54) is 11.8 Å². The lowest BCUT2D eigenvalue weighted by Gasteiger charge is -2.27. The van der Waals surface area contributed by atoms with E-state index in [-0.39, 0.29) is 22.5 Å². The van der Waals surface area contributed by atoms with Crippen molar-refractivity contribution in [2.45, 2.75) is 57.5 Å². The molecule has 0 saturated carbocycles. The second kappa shape index (κ2) is 11.5. The van der Waals surface area contributed by atoms with E-state index in [1.54, 1.807) is 6.21 Å². The Labute approximate surface area is 234 Å². The highest BCUT2D eigenvalue weighted by Crippen LogP contribution is 2.39. The Morgan fingerprint density at radius 2 is 1.54 bits per heavy atom. The zero-order valence-electron chi connectivity index (χ0n) is 23.3. The zero-order valence-corrected chi connectivity index (χ0v) is 24.1. The van der Waals surface area contributed by atoms with Gasteiger partial charge in [0.2, 0.25) is 0 Å². The molecule has 4 rings (SSSR count). The molecule has 0 spiro atoms. The number of aromatic hydroxyl groups is 1. The maximum Gasteiger partial charge on any atom is 0.342 e. The molecule has 0 atom stereocenters. The molecular formula is C31H36N5O2S+. The number of amides is 1. The number of thioether (sulfide) groups is 1. The van der Waals surface area contributed by atoms with Gasteiger partial charge in [0.05, 0.1) is 22.6 Å². The van der Waals surface area contributed by atoms with Crippen LogP contribution < -0.4 is 9.99 Å². The second-order valence-corrected chi connectivity index (χ2v) is 12.4. The highest BCUT2D eigenvalue weighted by atomic mass is 32.2. The minimum atomic E-state index is -0.246. The Balaban J connectivity index is 1.50. The fourth-order valence-corrected chi connectivity index (χ4v) is 4.98. The van der Waals surface area contributed by atoms with Gasteiger partial charge in [0.15, 0.2) is 0 Å². The third kappa shape index (κ3) is 6.75. The number of hydrazone groups is 1. The van der Waals surface area contributed by atoms with Gasteiger partial charge in [-0.2, -0.15) is 9.67 Å². The van der Waals surface area contributed by atoms with Crippen LogP contribution in [0.25, 0.3) is 17.1 Å². The van der Waals surface area contributed by atoms with E-state index >= 15 is 0 Å². The number of aromatic nitrogens is 3. The average Bonchev–Trinajstić information content (AvgIpc) is 3.32. The quantitative estimate of drug-likeness (QED) is 0.117. The first kappa shape index (κ1) is 28.1. The normalized spacial score (nSPS) is 12.2. The summed E-state index contributed by atoms with van der Waals surface area (Å²) in [5, 5.41) is 23.4. The molecule has 39 heavy (non-hydrogen) atoms. The van der Waals surface area contributed by atoms with Crippen LogP contribution in [0.5, 0.6) is 5.75 Å². The highest BCUT2D eigenvalue weighted by Gasteiger charge is 2.27. The fourth-order valence-electron chi connectivity index (χ4n) is 4.22. The molecule has 0 aliphatic heterocycles.